The molecule has 1 heterocycles. The topological polar surface area (TPSA) is 20.3 Å². The average molecular weight is 251 g/mol. The summed E-state index contributed by atoms with van der Waals surface area (Å²) in [6.45, 7) is 16.4. The Morgan fingerprint density at radius 1 is 1.00 bits per heavy atom. The number of carbonyl (C=O) groups is 1. The van der Waals surface area contributed by atoms with E-state index in [0.29, 0.717) is 0 Å². The Hall–Kier alpha value is -0.790. The van der Waals surface area contributed by atoms with Gasteiger partial charge in [-0.15, -0.1) is 0 Å². The number of carbonyl (C=O) groups excluding carboxylic acids is 1. The van der Waals surface area contributed by atoms with Gasteiger partial charge in [-0.05, 0) is 22.8 Å². The number of rotatable bonds is 0. The van der Waals surface area contributed by atoms with E-state index in [1.807, 2.05) is 11.9 Å². The largest absolute Gasteiger partial charge is 0.341 e. The lowest BCUT2D eigenvalue weighted by atomic mass is 9.73. The van der Waals surface area contributed by atoms with Gasteiger partial charge in [-0.2, -0.15) is 0 Å². The second-order valence-electron chi connectivity index (χ2n) is 7.76. The summed E-state index contributed by atoms with van der Waals surface area (Å²) in [6, 6.07) is 0. The van der Waals surface area contributed by atoms with Crippen LogP contribution in [0, 0.1) is 16.7 Å². The molecule has 0 bridgehead atoms. The van der Waals surface area contributed by atoms with Crippen LogP contribution in [0.3, 0.4) is 0 Å². The third kappa shape index (κ3) is 3.15. The van der Waals surface area contributed by atoms with Gasteiger partial charge in [-0.3, -0.25) is 4.79 Å². The molecule has 0 aromatic heterocycles. The Kier molecular flexibility index (Phi) is 4.00. The smallest absolute Gasteiger partial charge is 0.225 e. The molecule has 0 fully saturated rings. The van der Waals surface area contributed by atoms with Gasteiger partial charge in [0.2, 0.25) is 5.91 Å². The molecule has 0 aromatic rings. The zero-order chi connectivity index (χ0) is 14.3. The van der Waals surface area contributed by atoms with E-state index >= 15 is 0 Å². The van der Waals surface area contributed by atoms with Crippen molar-refractivity contribution in [3.63, 3.8) is 0 Å². The van der Waals surface area contributed by atoms with Crippen LogP contribution in [0.15, 0.2) is 11.1 Å². The summed E-state index contributed by atoms with van der Waals surface area (Å²) in [5, 5.41) is 0. The molecule has 1 aliphatic heterocycles. The van der Waals surface area contributed by atoms with Crippen molar-refractivity contribution in [2.24, 2.45) is 16.7 Å². The van der Waals surface area contributed by atoms with Crippen LogP contribution in [0.1, 0.15) is 54.9 Å². The van der Waals surface area contributed by atoms with Crippen molar-refractivity contribution >= 4 is 5.91 Å². The number of allylic oxidation sites excluding steroid dienone is 1. The van der Waals surface area contributed by atoms with Gasteiger partial charge < -0.3 is 4.90 Å². The third-order valence-electron chi connectivity index (χ3n) is 3.88. The molecule has 1 atom stereocenters. The van der Waals surface area contributed by atoms with Gasteiger partial charge in [-0.1, -0.05) is 54.0 Å². The standard InChI is InChI=1S/C16H29NO/c1-11-9-12(15(2,3)4)13(16(5,6)7)10-17(8)14(11)18/h11H,9-10H2,1-8H3. The minimum Gasteiger partial charge on any atom is -0.341 e. The minimum absolute atomic E-state index is 0.101. The van der Waals surface area contributed by atoms with Crippen LogP contribution in [-0.4, -0.2) is 24.4 Å². The van der Waals surface area contributed by atoms with Gasteiger partial charge in [0.05, 0.1) is 0 Å². The highest BCUT2D eigenvalue weighted by atomic mass is 16.2. The predicted octanol–water partition coefficient (Wildman–Crippen LogP) is 3.87. The van der Waals surface area contributed by atoms with Gasteiger partial charge >= 0.3 is 0 Å². The summed E-state index contributed by atoms with van der Waals surface area (Å²) < 4.78 is 0. The molecule has 0 spiro atoms. The van der Waals surface area contributed by atoms with Crippen LogP contribution < -0.4 is 0 Å². The number of hydrogen-bond donors (Lipinski definition) is 0. The summed E-state index contributed by atoms with van der Waals surface area (Å²) in [5.41, 5.74) is 3.18. The van der Waals surface area contributed by atoms with Crippen LogP contribution >= 0.6 is 0 Å². The summed E-state index contributed by atoms with van der Waals surface area (Å²) in [5.74, 6) is 0.375. The maximum atomic E-state index is 12.2. The van der Waals surface area contributed by atoms with Crippen molar-refractivity contribution < 1.29 is 4.79 Å². The van der Waals surface area contributed by atoms with Gasteiger partial charge in [0.15, 0.2) is 0 Å². The molecule has 0 radical (unpaired) electrons. The molecule has 0 saturated carbocycles. The molecule has 2 heteroatoms. The van der Waals surface area contributed by atoms with E-state index < -0.39 is 0 Å². The predicted molar refractivity (Wildman–Crippen MR) is 77.4 cm³/mol. The molecule has 18 heavy (non-hydrogen) atoms. The van der Waals surface area contributed by atoms with E-state index in [1.165, 1.54) is 11.1 Å². The molecule has 0 aliphatic carbocycles. The third-order valence-corrected chi connectivity index (χ3v) is 3.88. The molecule has 0 aromatic carbocycles. The lowest BCUT2D eigenvalue weighted by molar-refractivity contribution is -0.132. The number of hydrogen-bond acceptors (Lipinski definition) is 1. The maximum absolute atomic E-state index is 12.2. The monoisotopic (exact) mass is 251 g/mol. The Bertz CT molecular complexity index is 332. The van der Waals surface area contributed by atoms with E-state index in [-0.39, 0.29) is 22.7 Å². The van der Waals surface area contributed by atoms with Crippen LogP contribution in [0.25, 0.3) is 0 Å². The zero-order valence-electron chi connectivity index (χ0n) is 13.3. The van der Waals surface area contributed by atoms with Crippen molar-refractivity contribution in [3.05, 3.63) is 11.1 Å². The highest BCUT2D eigenvalue weighted by Crippen LogP contribution is 2.41. The second kappa shape index (κ2) is 4.71. The van der Waals surface area contributed by atoms with E-state index in [9.17, 15) is 4.79 Å². The summed E-state index contributed by atoms with van der Waals surface area (Å²) in [4.78, 5) is 14.1. The molecule has 1 unspecified atom stereocenters. The first-order chi connectivity index (χ1) is 7.94. The first-order valence-electron chi connectivity index (χ1n) is 6.92. The normalized spacial score (nSPS) is 23.4. The lowest BCUT2D eigenvalue weighted by Gasteiger charge is -2.33. The van der Waals surface area contributed by atoms with Gasteiger partial charge in [0.25, 0.3) is 0 Å². The Labute approximate surface area is 112 Å². The molecule has 104 valence electrons. The Balaban J connectivity index is 3.35. The molecule has 1 aliphatic rings. The lowest BCUT2D eigenvalue weighted by Crippen LogP contribution is -2.33. The number of likely N-dealkylation sites (N-methyl/N-ethyl adjacent to an activating group) is 1. The summed E-state index contributed by atoms with van der Waals surface area (Å²) in [6.07, 6.45) is 0.902. The fraction of sp³-hybridized carbons (Fsp3) is 0.812. The molecular weight excluding hydrogens is 222 g/mol. The molecule has 2 nitrogen and oxygen atoms in total. The van der Waals surface area contributed by atoms with Crippen molar-refractivity contribution in [2.75, 3.05) is 13.6 Å². The highest BCUT2D eigenvalue weighted by Gasteiger charge is 2.34. The van der Waals surface area contributed by atoms with E-state index in [1.54, 1.807) is 0 Å². The highest BCUT2D eigenvalue weighted by molar-refractivity contribution is 5.79. The SMILES string of the molecule is CC1CC(C(C)(C)C)=C(C(C)(C)C)CN(C)C1=O. The minimum atomic E-state index is 0.101. The van der Waals surface area contributed by atoms with Gasteiger partial charge in [-0.25, -0.2) is 0 Å². The summed E-state index contributed by atoms with van der Waals surface area (Å²) in [7, 11) is 1.93. The first kappa shape index (κ1) is 15.3. The molecule has 0 N–H and O–H groups in total. The second-order valence-corrected chi connectivity index (χ2v) is 7.76. The quantitative estimate of drug-likeness (QED) is 0.598. The Morgan fingerprint density at radius 3 is 1.83 bits per heavy atom. The maximum Gasteiger partial charge on any atom is 0.225 e. The van der Waals surface area contributed by atoms with E-state index in [0.717, 1.165) is 13.0 Å². The number of amides is 1. The van der Waals surface area contributed by atoms with Crippen LogP contribution in [0.4, 0.5) is 0 Å². The van der Waals surface area contributed by atoms with Gasteiger partial charge in [0, 0.05) is 19.5 Å². The first-order valence-corrected chi connectivity index (χ1v) is 6.92. The van der Waals surface area contributed by atoms with Crippen molar-refractivity contribution in [1.82, 2.24) is 4.90 Å². The average Bonchev–Trinajstić information content (AvgIpc) is 2.27. The van der Waals surface area contributed by atoms with Crippen LogP contribution in [-0.2, 0) is 4.79 Å². The molecular formula is C16H29NO. The van der Waals surface area contributed by atoms with Crippen molar-refractivity contribution in [2.45, 2.75) is 54.9 Å². The molecule has 0 saturated heterocycles. The molecule has 1 rings (SSSR count). The Morgan fingerprint density at radius 2 is 1.44 bits per heavy atom. The zero-order valence-corrected chi connectivity index (χ0v) is 13.3. The van der Waals surface area contributed by atoms with Crippen molar-refractivity contribution in [3.8, 4) is 0 Å². The summed E-state index contributed by atoms with van der Waals surface area (Å²) >= 11 is 0. The van der Waals surface area contributed by atoms with Crippen molar-refractivity contribution in [1.29, 1.82) is 0 Å². The molecule has 1 amide bonds. The van der Waals surface area contributed by atoms with Crippen LogP contribution in [0.5, 0.6) is 0 Å². The van der Waals surface area contributed by atoms with E-state index in [4.69, 9.17) is 0 Å². The number of nitrogens with zero attached hydrogens (tertiary/aromatic N) is 1. The van der Waals surface area contributed by atoms with Crippen LogP contribution in [0.2, 0.25) is 0 Å². The van der Waals surface area contributed by atoms with Gasteiger partial charge in [0.1, 0.15) is 0 Å². The fourth-order valence-electron chi connectivity index (χ4n) is 2.75. The van der Waals surface area contributed by atoms with E-state index in [2.05, 4.69) is 48.5 Å². The fourth-order valence-corrected chi connectivity index (χ4v) is 2.75.